The van der Waals surface area contributed by atoms with E-state index in [1.54, 1.807) is 15.5 Å². The van der Waals surface area contributed by atoms with Crippen LogP contribution in [0.4, 0.5) is 10.2 Å². The molecule has 2 aliphatic rings. The van der Waals surface area contributed by atoms with Crippen molar-refractivity contribution in [3.05, 3.63) is 46.5 Å². The fourth-order valence-corrected chi connectivity index (χ4v) is 3.82. The second-order valence-electron chi connectivity index (χ2n) is 8.22. The van der Waals surface area contributed by atoms with E-state index < -0.39 is 22.6 Å². The highest BCUT2D eigenvalue weighted by Gasteiger charge is 2.41. The minimum absolute atomic E-state index is 0.0444. The topological polar surface area (TPSA) is 123 Å². The third-order valence-corrected chi connectivity index (χ3v) is 5.80. The molecule has 0 spiro atoms. The fraction of sp³-hybridized carbons (Fsp3) is 0.429. The number of pyridine rings is 2. The Morgan fingerprint density at radius 3 is 2.90 bits per heavy atom. The van der Waals surface area contributed by atoms with Gasteiger partial charge in [-0.15, -0.1) is 0 Å². The van der Waals surface area contributed by atoms with Gasteiger partial charge < -0.3 is 25.1 Å². The first-order valence-electron chi connectivity index (χ1n) is 10.0. The first-order valence-corrected chi connectivity index (χ1v) is 10.0. The van der Waals surface area contributed by atoms with Crippen molar-refractivity contribution in [1.29, 1.82) is 0 Å². The number of carboxylic acid groups (broad SMARTS) is 1. The molecule has 164 valence electrons. The molecule has 0 radical (unpaired) electrons. The summed E-state index contributed by atoms with van der Waals surface area (Å²) in [5.74, 6) is -1.98. The van der Waals surface area contributed by atoms with Crippen molar-refractivity contribution in [3.63, 3.8) is 0 Å². The van der Waals surface area contributed by atoms with Gasteiger partial charge in [-0.05, 0) is 18.9 Å². The monoisotopic (exact) mass is 429 g/mol. The van der Waals surface area contributed by atoms with Crippen molar-refractivity contribution >= 4 is 28.5 Å². The quantitative estimate of drug-likeness (QED) is 0.391. The van der Waals surface area contributed by atoms with E-state index in [4.69, 9.17) is 10.6 Å². The van der Waals surface area contributed by atoms with E-state index in [-0.39, 0.29) is 48.2 Å². The highest BCUT2D eigenvalue weighted by atomic mass is 19.1. The molecule has 9 nitrogen and oxygen atoms in total. The number of carbonyl (C=O) groups is 1. The Kier molecular flexibility index (Phi) is 5.26. The fourth-order valence-electron chi connectivity index (χ4n) is 3.82. The van der Waals surface area contributed by atoms with E-state index >= 15 is 4.39 Å². The van der Waals surface area contributed by atoms with Crippen LogP contribution in [0.25, 0.3) is 11.0 Å². The average Bonchev–Trinajstić information content (AvgIpc) is 3.52. The minimum Gasteiger partial charge on any atom is -0.477 e. The second-order valence-corrected chi connectivity index (χ2v) is 8.22. The zero-order chi connectivity index (χ0) is 22.3. The van der Waals surface area contributed by atoms with E-state index in [1.165, 1.54) is 6.20 Å². The van der Waals surface area contributed by atoms with Crippen LogP contribution in [0.15, 0.2) is 34.9 Å². The maximum Gasteiger partial charge on any atom is 0.341 e. The molecular weight excluding hydrogens is 405 g/mol. The number of carboxylic acids is 1. The molecule has 1 aliphatic heterocycles. The molecule has 10 heteroatoms. The molecule has 2 aromatic heterocycles. The van der Waals surface area contributed by atoms with Gasteiger partial charge in [-0.25, -0.2) is 14.2 Å². The van der Waals surface area contributed by atoms with Crippen molar-refractivity contribution in [2.24, 2.45) is 16.3 Å². The lowest BCUT2D eigenvalue weighted by molar-refractivity contribution is 0.0695. The standard InChI is InChI=1S/C21H24FN5O4/c1-3-6-31-25-16-9-26(11-21(16,2)10-23)19-15(22)7-13-17(28)14(20(29)30)8-27(12-4-5-12)18(13)24-19/h3,7-8,12H,1,4-6,9-11,23H2,2H3,(H,29,30)/b25-16+. The van der Waals surface area contributed by atoms with Gasteiger partial charge in [-0.1, -0.05) is 24.7 Å². The molecule has 1 saturated carbocycles. The van der Waals surface area contributed by atoms with Gasteiger partial charge in [0.05, 0.1) is 17.6 Å². The largest absolute Gasteiger partial charge is 0.477 e. The molecule has 2 fully saturated rings. The van der Waals surface area contributed by atoms with Gasteiger partial charge in [-0.2, -0.15) is 0 Å². The van der Waals surface area contributed by atoms with Gasteiger partial charge >= 0.3 is 5.97 Å². The van der Waals surface area contributed by atoms with Crippen LogP contribution in [0.1, 0.15) is 36.2 Å². The molecule has 1 saturated heterocycles. The maximum absolute atomic E-state index is 15.1. The number of oxime groups is 1. The molecule has 1 aliphatic carbocycles. The number of hydrogen-bond donors (Lipinski definition) is 2. The first-order chi connectivity index (χ1) is 14.8. The lowest BCUT2D eigenvalue weighted by Crippen LogP contribution is -2.36. The smallest absolute Gasteiger partial charge is 0.341 e. The van der Waals surface area contributed by atoms with Crippen molar-refractivity contribution in [3.8, 4) is 0 Å². The third kappa shape index (κ3) is 3.67. The zero-order valence-corrected chi connectivity index (χ0v) is 17.2. The van der Waals surface area contributed by atoms with Crippen molar-refractivity contribution < 1.29 is 19.1 Å². The van der Waals surface area contributed by atoms with Crippen LogP contribution in [0, 0.1) is 11.2 Å². The number of anilines is 1. The van der Waals surface area contributed by atoms with Crippen LogP contribution in [-0.4, -0.2) is 52.6 Å². The Bertz CT molecular complexity index is 1160. The van der Waals surface area contributed by atoms with Gasteiger partial charge in [0.15, 0.2) is 11.6 Å². The number of fused-ring (bicyclic) bond motifs is 1. The van der Waals surface area contributed by atoms with E-state index in [1.807, 2.05) is 6.92 Å². The molecule has 3 N–H and O–H groups in total. The van der Waals surface area contributed by atoms with Crippen LogP contribution in [0.3, 0.4) is 0 Å². The predicted molar refractivity (Wildman–Crippen MR) is 114 cm³/mol. The molecule has 0 amide bonds. The molecule has 3 heterocycles. The summed E-state index contributed by atoms with van der Waals surface area (Å²) in [6.07, 6.45) is 4.57. The summed E-state index contributed by atoms with van der Waals surface area (Å²) < 4.78 is 16.8. The van der Waals surface area contributed by atoms with Gasteiger partial charge in [0.2, 0.25) is 5.43 Å². The van der Waals surface area contributed by atoms with E-state index in [9.17, 15) is 14.7 Å². The number of aromatic carboxylic acids is 1. The summed E-state index contributed by atoms with van der Waals surface area (Å²) in [7, 11) is 0. The highest BCUT2D eigenvalue weighted by Crippen LogP contribution is 2.38. The number of halogens is 1. The Morgan fingerprint density at radius 2 is 2.29 bits per heavy atom. The summed E-state index contributed by atoms with van der Waals surface area (Å²) in [5, 5.41) is 13.5. The summed E-state index contributed by atoms with van der Waals surface area (Å²) in [6.45, 7) is 6.66. The van der Waals surface area contributed by atoms with Crippen molar-refractivity contribution in [2.75, 3.05) is 31.1 Å². The number of nitrogens with zero attached hydrogens (tertiary/aromatic N) is 4. The third-order valence-electron chi connectivity index (χ3n) is 5.80. The lowest BCUT2D eigenvalue weighted by Gasteiger charge is -2.23. The van der Waals surface area contributed by atoms with Gasteiger partial charge in [0.1, 0.15) is 17.8 Å². The van der Waals surface area contributed by atoms with Crippen LogP contribution >= 0.6 is 0 Å². The minimum atomic E-state index is -1.34. The predicted octanol–water partition coefficient (Wildman–Crippen LogP) is 1.91. The Balaban J connectivity index is 1.81. The van der Waals surface area contributed by atoms with Crippen molar-refractivity contribution in [2.45, 2.75) is 25.8 Å². The van der Waals surface area contributed by atoms with E-state index in [0.29, 0.717) is 12.3 Å². The summed E-state index contributed by atoms with van der Waals surface area (Å²) in [6, 6.07) is 1.12. The number of nitrogens with two attached hydrogens (primary N) is 1. The van der Waals surface area contributed by atoms with Gasteiger partial charge in [0, 0.05) is 30.7 Å². The molecule has 0 aromatic carbocycles. The molecule has 31 heavy (non-hydrogen) atoms. The number of rotatable bonds is 7. The number of aromatic nitrogens is 2. The Hall–Kier alpha value is -3.27. The van der Waals surface area contributed by atoms with Crippen molar-refractivity contribution in [1.82, 2.24) is 9.55 Å². The first kappa shape index (κ1) is 21.0. The van der Waals surface area contributed by atoms with Crippen LogP contribution < -0.4 is 16.1 Å². The maximum atomic E-state index is 15.1. The summed E-state index contributed by atoms with van der Waals surface area (Å²) in [5.41, 5.74) is 5.24. The Labute approximate surface area is 177 Å². The SMILES string of the molecule is C=CCO/N=C1\CN(c2nc3c(cc2F)c(=O)c(C(=O)O)cn3C2CC2)CC1(C)CN. The average molecular weight is 429 g/mol. The molecule has 4 rings (SSSR count). The Morgan fingerprint density at radius 1 is 1.55 bits per heavy atom. The summed E-state index contributed by atoms with van der Waals surface area (Å²) in [4.78, 5) is 35.5. The van der Waals surface area contributed by atoms with Crippen LogP contribution in [0.5, 0.6) is 0 Å². The summed E-state index contributed by atoms with van der Waals surface area (Å²) >= 11 is 0. The zero-order valence-electron chi connectivity index (χ0n) is 17.2. The molecule has 2 aromatic rings. The van der Waals surface area contributed by atoms with Gasteiger partial charge in [-0.3, -0.25) is 4.79 Å². The lowest BCUT2D eigenvalue weighted by atomic mass is 9.88. The normalized spacial score (nSPS) is 22.3. The molecular formula is C21H24FN5O4. The van der Waals surface area contributed by atoms with Crippen LogP contribution in [-0.2, 0) is 4.84 Å². The van der Waals surface area contributed by atoms with E-state index in [0.717, 1.165) is 18.9 Å². The molecule has 1 unspecified atom stereocenters. The molecule has 1 atom stereocenters. The number of hydrogen-bond acceptors (Lipinski definition) is 7. The second kappa shape index (κ2) is 7.77. The molecule has 0 bridgehead atoms. The van der Waals surface area contributed by atoms with Crippen LogP contribution in [0.2, 0.25) is 0 Å². The highest BCUT2D eigenvalue weighted by molar-refractivity contribution is 5.97. The van der Waals surface area contributed by atoms with E-state index in [2.05, 4.69) is 16.7 Å². The van der Waals surface area contributed by atoms with Gasteiger partial charge in [0.25, 0.3) is 0 Å².